The smallest absolute Gasteiger partial charge is 0.545 e. The molecule has 0 spiro atoms. The Balaban J connectivity index is 0.00000162. The molecule has 0 amide bonds. The zero-order valence-corrected chi connectivity index (χ0v) is 10.4. The summed E-state index contributed by atoms with van der Waals surface area (Å²) in [6, 6.07) is 4.90. The summed E-state index contributed by atoms with van der Waals surface area (Å²) in [6.07, 6.45) is 1.24. The second-order valence-corrected chi connectivity index (χ2v) is 3.38. The summed E-state index contributed by atoms with van der Waals surface area (Å²) < 4.78 is 10.3. The van der Waals surface area contributed by atoms with Gasteiger partial charge in [0.2, 0.25) is 0 Å². The van der Waals surface area contributed by atoms with E-state index in [1.54, 1.807) is 12.1 Å². The van der Waals surface area contributed by atoms with E-state index in [1.165, 1.54) is 26.5 Å². The maximum atomic E-state index is 10.7. The maximum absolute atomic E-state index is 10.7. The molecule has 0 saturated carbocycles. The molecule has 0 atom stereocenters. The number of nitrogens with zero attached hydrogens (tertiary/aromatic N) is 1. The van der Waals surface area contributed by atoms with E-state index in [0.29, 0.717) is 22.4 Å². The first-order chi connectivity index (χ1) is 8.17. The summed E-state index contributed by atoms with van der Waals surface area (Å²) in [4.78, 5) is 14.8. The number of pyridine rings is 1. The van der Waals surface area contributed by atoms with Gasteiger partial charge in [0, 0.05) is 17.1 Å². The number of hydrogen-bond acceptors (Lipinski definition) is 5. The summed E-state index contributed by atoms with van der Waals surface area (Å²) in [5.74, 6) is -0.224. The zero-order valence-electron chi connectivity index (χ0n) is 10.4. The first-order valence-electron chi connectivity index (χ1n) is 4.89. The fraction of sp³-hybridized carbons (Fsp3) is 0.167. The second kappa shape index (κ2) is 5.76. The Morgan fingerprint density at radius 1 is 1.28 bits per heavy atom. The molecule has 0 radical (unpaired) electrons. The third kappa shape index (κ3) is 2.42. The normalized spacial score (nSPS) is 9.67. The van der Waals surface area contributed by atoms with Crippen molar-refractivity contribution in [3.8, 4) is 11.5 Å². The van der Waals surface area contributed by atoms with Gasteiger partial charge in [-0.25, -0.2) is 0 Å². The number of rotatable bonds is 3. The van der Waals surface area contributed by atoms with E-state index >= 15 is 0 Å². The number of carboxylic acids is 1. The number of fused-ring (bicyclic) bond motifs is 1. The molecule has 1 aromatic heterocycles. The number of benzene rings is 1. The number of aromatic nitrogens is 1. The van der Waals surface area contributed by atoms with Crippen LogP contribution in [0.25, 0.3) is 10.9 Å². The quantitative estimate of drug-likeness (QED) is 0.559. The number of methoxy groups -OCH3 is 2. The maximum Gasteiger partial charge on any atom is 1.00 e. The Hall–Kier alpha value is -1.70. The van der Waals surface area contributed by atoms with Crippen LogP contribution in [-0.2, 0) is 0 Å². The monoisotopic (exact) mass is 239 g/mol. The average molecular weight is 239 g/mol. The Morgan fingerprint density at radius 3 is 2.56 bits per heavy atom. The predicted octanol–water partition coefficient (Wildman–Crippen LogP) is -2.38. The molecule has 0 N–H and O–H groups in total. The number of carbonyl (C=O) groups is 1. The summed E-state index contributed by atoms with van der Waals surface area (Å²) in [7, 11) is 3.03. The molecule has 0 bridgehead atoms. The largest absolute Gasteiger partial charge is 1.00 e. The van der Waals surface area contributed by atoms with Gasteiger partial charge >= 0.3 is 18.9 Å². The fourth-order valence-corrected chi connectivity index (χ4v) is 1.63. The zero-order chi connectivity index (χ0) is 12.4. The van der Waals surface area contributed by atoms with Crippen LogP contribution < -0.4 is 33.4 Å². The van der Waals surface area contributed by atoms with E-state index < -0.39 is 5.97 Å². The van der Waals surface area contributed by atoms with Gasteiger partial charge in [-0.15, -0.1) is 0 Å². The molecule has 2 rings (SSSR count). The summed E-state index contributed by atoms with van der Waals surface area (Å²) >= 11 is 0. The standard InChI is InChI=1S/C12H11NO4.Li/c1-16-9-4-3-7-5-8(12(14)15)6-13-10(7)11(9)17-2;/h3-6H,1-2H3,(H,14,15);/q;+1/p-1. The molecule has 0 fully saturated rings. The minimum atomic E-state index is -1.26. The molecule has 18 heavy (non-hydrogen) atoms. The van der Waals surface area contributed by atoms with Gasteiger partial charge in [-0.2, -0.15) is 0 Å². The van der Waals surface area contributed by atoms with Crippen LogP contribution in [0.15, 0.2) is 24.4 Å². The molecule has 0 saturated heterocycles. The number of ether oxygens (including phenoxy) is 2. The summed E-state index contributed by atoms with van der Waals surface area (Å²) in [6.45, 7) is 0. The number of carboxylic acid groups (broad SMARTS) is 1. The van der Waals surface area contributed by atoms with E-state index in [4.69, 9.17) is 9.47 Å². The van der Waals surface area contributed by atoms with Crippen molar-refractivity contribution >= 4 is 16.9 Å². The van der Waals surface area contributed by atoms with E-state index in [9.17, 15) is 9.90 Å². The Morgan fingerprint density at radius 2 is 2.00 bits per heavy atom. The molecule has 5 nitrogen and oxygen atoms in total. The topological polar surface area (TPSA) is 71.5 Å². The third-order valence-electron chi connectivity index (χ3n) is 2.43. The van der Waals surface area contributed by atoms with Gasteiger partial charge in [-0.3, -0.25) is 4.98 Å². The third-order valence-corrected chi connectivity index (χ3v) is 2.43. The molecular formula is C12H10LiNO4. The van der Waals surface area contributed by atoms with Crippen LogP contribution in [0.1, 0.15) is 10.4 Å². The van der Waals surface area contributed by atoms with E-state index in [2.05, 4.69) is 4.98 Å². The molecule has 1 heterocycles. The van der Waals surface area contributed by atoms with Crippen molar-refractivity contribution in [1.29, 1.82) is 0 Å². The van der Waals surface area contributed by atoms with Crippen molar-refractivity contribution in [2.24, 2.45) is 0 Å². The first-order valence-corrected chi connectivity index (χ1v) is 4.89. The second-order valence-electron chi connectivity index (χ2n) is 3.38. The number of aromatic carboxylic acids is 1. The molecule has 0 aliphatic heterocycles. The molecule has 6 heteroatoms. The molecule has 88 valence electrons. The molecule has 1 aromatic carbocycles. The predicted molar refractivity (Wildman–Crippen MR) is 59.2 cm³/mol. The van der Waals surface area contributed by atoms with Crippen molar-refractivity contribution in [3.63, 3.8) is 0 Å². The summed E-state index contributed by atoms with van der Waals surface area (Å²) in [5.41, 5.74) is 0.585. The van der Waals surface area contributed by atoms with Crippen LogP contribution in [0, 0.1) is 0 Å². The number of carbonyl (C=O) groups excluding carboxylic acids is 1. The van der Waals surface area contributed by atoms with Gasteiger partial charge in [0.05, 0.1) is 20.2 Å². The van der Waals surface area contributed by atoms with Gasteiger partial charge in [0.25, 0.3) is 0 Å². The Kier molecular flexibility index (Phi) is 4.60. The van der Waals surface area contributed by atoms with Gasteiger partial charge < -0.3 is 19.4 Å². The minimum absolute atomic E-state index is 0. The van der Waals surface area contributed by atoms with Gasteiger partial charge in [0.1, 0.15) is 5.52 Å². The van der Waals surface area contributed by atoms with E-state index in [0.717, 1.165) is 0 Å². The van der Waals surface area contributed by atoms with Crippen LogP contribution in [0.3, 0.4) is 0 Å². The molecule has 0 aliphatic rings. The average Bonchev–Trinajstić information content (AvgIpc) is 2.36. The molecule has 2 aromatic rings. The van der Waals surface area contributed by atoms with Crippen molar-refractivity contribution in [2.75, 3.05) is 14.2 Å². The Labute approximate surface area is 116 Å². The van der Waals surface area contributed by atoms with Crippen molar-refractivity contribution in [2.45, 2.75) is 0 Å². The summed E-state index contributed by atoms with van der Waals surface area (Å²) in [5, 5.41) is 11.4. The van der Waals surface area contributed by atoms with Crippen molar-refractivity contribution in [3.05, 3.63) is 30.0 Å². The van der Waals surface area contributed by atoms with Crippen LogP contribution in [-0.4, -0.2) is 25.2 Å². The van der Waals surface area contributed by atoms with Crippen LogP contribution >= 0.6 is 0 Å². The molecule has 0 aliphatic carbocycles. The first kappa shape index (κ1) is 14.4. The van der Waals surface area contributed by atoms with Crippen LogP contribution in [0.2, 0.25) is 0 Å². The van der Waals surface area contributed by atoms with Crippen LogP contribution in [0.5, 0.6) is 11.5 Å². The number of hydrogen-bond donors (Lipinski definition) is 0. The van der Waals surface area contributed by atoms with Gasteiger partial charge in [0.15, 0.2) is 11.5 Å². The fourth-order valence-electron chi connectivity index (χ4n) is 1.63. The molecule has 0 unspecified atom stereocenters. The van der Waals surface area contributed by atoms with Gasteiger partial charge in [-0.05, 0) is 18.2 Å². The van der Waals surface area contributed by atoms with Crippen molar-refractivity contribution in [1.82, 2.24) is 4.98 Å². The van der Waals surface area contributed by atoms with Crippen molar-refractivity contribution < 1.29 is 38.2 Å². The molecular weight excluding hydrogens is 229 g/mol. The Bertz CT molecular complexity index is 586. The van der Waals surface area contributed by atoms with Gasteiger partial charge in [-0.1, -0.05) is 0 Å². The van der Waals surface area contributed by atoms with E-state index in [-0.39, 0.29) is 24.4 Å². The van der Waals surface area contributed by atoms with E-state index in [1.807, 2.05) is 0 Å². The SMILES string of the molecule is COc1ccc2cc(C(=O)[O-])cnc2c1OC.[Li+]. The van der Waals surface area contributed by atoms with Crippen LogP contribution in [0.4, 0.5) is 0 Å². The minimum Gasteiger partial charge on any atom is -0.545 e.